The van der Waals surface area contributed by atoms with Gasteiger partial charge in [-0.25, -0.2) is 23.9 Å². The van der Waals surface area contributed by atoms with Crippen molar-refractivity contribution in [3.05, 3.63) is 18.2 Å². The van der Waals surface area contributed by atoms with Crippen LogP contribution >= 0.6 is 0 Å². The van der Waals surface area contributed by atoms with Gasteiger partial charge in [0, 0.05) is 12.6 Å². The Bertz CT molecular complexity index is 831. The van der Waals surface area contributed by atoms with Crippen molar-refractivity contribution < 1.29 is 33.8 Å². The zero-order chi connectivity index (χ0) is 24.2. The van der Waals surface area contributed by atoms with Crippen molar-refractivity contribution >= 4 is 24.1 Å². The summed E-state index contributed by atoms with van der Waals surface area (Å²) < 4.78 is 11.6. The molecule has 0 fully saturated rings. The Morgan fingerprint density at radius 2 is 1.58 bits per heavy atom. The van der Waals surface area contributed by atoms with Gasteiger partial charge in [-0.3, -0.25) is 4.79 Å². The fourth-order valence-corrected chi connectivity index (χ4v) is 2.27. The number of carboxylic acids is 1. The number of ether oxygens (including phenoxy) is 2. The molecule has 0 radical (unpaired) electrons. The van der Waals surface area contributed by atoms with Gasteiger partial charge in [0.05, 0.1) is 5.69 Å². The number of hydrogen-bond donors (Lipinski definition) is 3. The number of carbonyl (C=O) groups is 4. The summed E-state index contributed by atoms with van der Waals surface area (Å²) in [5.41, 5.74) is -2.88. The molecule has 0 aliphatic heterocycles. The third-order valence-electron chi connectivity index (χ3n) is 3.70. The molecule has 3 N–H and O–H groups in total. The van der Waals surface area contributed by atoms with E-state index >= 15 is 0 Å². The molecule has 1 aromatic rings. The smallest absolute Gasteiger partial charge is 0.420 e. The van der Waals surface area contributed by atoms with Crippen LogP contribution in [-0.2, 0) is 25.5 Å². The summed E-state index contributed by atoms with van der Waals surface area (Å²) in [7, 11) is 0. The number of aliphatic carboxylic acids is 1. The lowest BCUT2D eigenvalue weighted by Gasteiger charge is -2.27. The Morgan fingerprint density at radius 1 is 1.03 bits per heavy atom. The van der Waals surface area contributed by atoms with Crippen LogP contribution in [0.2, 0.25) is 0 Å². The van der Waals surface area contributed by atoms with Gasteiger partial charge in [-0.05, 0) is 55.4 Å². The van der Waals surface area contributed by atoms with E-state index in [1.807, 2.05) is 0 Å². The lowest BCUT2D eigenvalue weighted by molar-refractivity contribution is -0.146. The van der Waals surface area contributed by atoms with Crippen LogP contribution in [0.25, 0.3) is 0 Å². The number of rotatable bonds is 6. The number of aromatic nitrogens is 2. The third-order valence-corrected chi connectivity index (χ3v) is 3.70. The van der Waals surface area contributed by atoms with Gasteiger partial charge >= 0.3 is 18.2 Å². The molecule has 11 nitrogen and oxygen atoms in total. The highest BCUT2D eigenvalue weighted by atomic mass is 16.6. The molecule has 0 spiro atoms. The van der Waals surface area contributed by atoms with Gasteiger partial charge in [-0.2, -0.15) is 0 Å². The standard InChI is InChI=1S/C20H32N4O7/c1-18(2,3)30-16(28)22-13(14(25)23-20(7,8)15(26)27)9-12-10-21-11-24(12)17(29)31-19(4,5)6/h10-11,13H,9H2,1-8H3,(H,22,28)(H,23,25)(H,26,27)/t13-/m0/s1. The van der Waals surface area contributed by atoms with Crippen molar-refractivity contribution in [3.63, 3.8) is 0 Å². The van der Waals surface area contributed by atoms with Gasteiger partial charge < -0.3 is 25.2 Å². The topological polar surface area (TPSA) is 149 Å². The maximum absolute atomic E-state index is 12.8. The first-order valence-corrected chi connectivity index (χ1v) is 9.71. The summed E-state index contributed by atoms with van der Waals surface area (Å²) in [6, 6.07) is -1.24. The van der Waals surface area contributed by atoms with E-state index in [4.69, 9.17) is 9.47 Å². The summed E-state index contributed by atoms with van der Waals surface area (Å²) in [5, 5.41) is 14.1. The van der Waals surface area contributed by atoms with E-state index in [1.165, 1.54) is 26.4 Å². The summed E-state index contributed by atoms with van der Waals surface area (Å²) >= 11 is 0. The van der Waals surface area contributed by atoms with Crippen molar-refractivity contribution in [1.82, 2.24) is 20.2 Å². The number of hydrogen-bond acceptors (Lipinski definition) is 7. The highest BCUT2D eigenvalue weighted by molar-refractivity contribution is 5.91. The van der Waals surface area contributed by atoms with Crippen molar-refractivity contribution in [3.8, 4) is 0 Å². The van der Waals surface area contributed by atoms with Crippen molar-refractivity contribution in [2.24, 2.45) is 0 Å². The number of imidazole rings is 1. The predicted octanol–water partition coefficient (Wildman–Crippen LogP) is 2.08. The molecule has 0 aromatic carbocycles. The minimum Gasteiger partial charge on any atom is -0.480 e. The van der Waals surface area contributed by atoms with Crippen molar-refractivity contribution in [2.75, 3.05) is 0 Å². The van der Waals surface area contributed by atoms with Crippen LogP contribution in [0.15, 0.2) is 12.5 Å². The van der Waals surface area contributed by atoms with E-state index in [1.54, 1.807) is 41.5 Å². The second-order valence-corrected chi connectivity index (χ2v) is 9.56. The zero-order valence-corrected chi connectivity index (χ0v) is 19.2. The summed E-state index contributed by atoms with van der Waals surface area (Å²) in [4.78, 5) is 52.8. The fourth-order valence-electron chi connectivity index (χ4n) is 2.27. The molecule has 1 heterocycles. The normalized spacial score (nSPS) is 13.2. The molecule has 11 heteroatoms. The molecule has 174 valence electrons. The van der Waals surface area contributed by atoms with Gasteiger partial charge in [0.2, 0.25) is 5.91 Å². The highest BCUT2D eigenvalue weighted by Gasteiger charge is 2.34. The Hall–Kier alpha value is -3.11. The monoisotopic (exact) mass is 440 g/mol. The average Bonchev–Trinajstić information content (AvgIpc) is 2.98. The third kappa shape index (κ3) is 8.65. The van der Waals surface area contributed by atoms with E-state index in [0.717, 1.165) is 4.57 Å². The van der Waals surface area contributed by atoms with E-state index in [2.05, 4.69) is 15.6 Å². The number of carbonyl (C=O) groups excluding carboxylic acids is 3. The van der Waals surface area contributed by atoms with Crippen LogP contribution in [0.5, 0.6) is 0 Å². The molecule has 0 aliphatic carbocycles. The van der Waals surface area contributed by atoms with Gasteiger partial charge in [0.1, 0.15) is 29.1 Å². The lowest BCUT2D eigenvalue weighted by atomic mass is 10.0. The van der Waals surface area contributed by atoms with Crippen molar-refractivity contribution in [1.29, 1.82) is 0 Å². The van der Waals surface area contributed by atoms with Gasteiger partial charge in [0.15, 0.2) is 0 Å². The Kier molecular flexibility index (Phi) is 7.83. The molecule has 0 aliphatic rings. The van der Waals surface area contributed by atoms with E-state index in [0.29, 0.717) is 0 Å². The Balaban J connectivity index is 3.14. The molecule has 0 saturated heterocycles. The average molecular weight is 440 g/mol. The SMILES string of the molecule is CC(C)(C)OC(=O)N[C@@H](Cc1cncn1C(=O)OC(C)(C)C)C(=O)NC(C)(C)C(=O)O. The fraction of sp³-hybridized carbons (Fsp3) is 0.650. The first-order chi connectivity index (χ1) is 13.9. The van der Waals surface area contributed by atoms with Gasteiger partial charge in [0.25, 0.3) is 0 Å². The Morgan fingerprint density at radius 3 is 2.06 bits per heavy atom. The minimum atomic E-state index is -1.59. The molecule has 1 aromatic heterocycles. The Labute approximate surface area is 181 Å². The number of nitrogens with zero attached hydrogens (tertiary/aromatic N) is 2. The maximum Gasteiger partial charge on any atom is 0.420 e. The van der Waals surface area contributed by atoms with E-state index < -0.39 is 46.8 Å². The maximum atomic E-state index is 12.8. The summed E-state index contributed by atoms with van der Waals surface area (Å²) in [6.45, 7) is 12.7. The molecule has 31 heavy (non-hydrogen) atoms. The van der Waals surface area contributed by atoms with E-state index in [-0.39, 0.29) is 12.1 Å². The van der Waals surface area contributed by atoms with Crippen LogP contribution in [0.4, 0.5) is 9.59 Å². The van der Waals surface area contributed by atoms with Crippen LogP contribution in [0, 0.1) is 0 Å². The first kappa shape index (κ1) is 25.9. The van der Waals surface area contributed by atoms with Crippen LogP contribution in [0.1, 0.15) is 61.1 Å². The minimum absolute atomic E-state index is 0.167. The van der Waals surface area contributed by atoms with Crippen LogP contribution in [0.3, 0.4) is 0 Å². The zero-order valence-electron chi connectivity index (χ0n) is 19.2. The van der Waals surface area contributed by atoms with Crippen LogP contribution < -0.4 is 10.6 Å². The number of nitrogens with one attached hydrogen (secondary N) is 2. The second-order valence-electron chi connectivity index (χ2n) is 9.56. The number of carboxylic acid groups (broad SMARTS) is 1. The van der Waals surface area contributed by atoms with Crippen molar-refractivity contribution in [2.45, 2.75) is 84.6 Å². The number of amides is 2. The molecular weight excluding hydrogens is 408 g/mol. The van der Waals surface area contributed by atoms with E-state index in [9.17, 15) is 24.3 Å². The largest absolute Gasteiger partial charge is 0.480 e. The molecule has 0 unspecified atom stereocenters. The van der Waals surface area contributed by atoms with Crippen LogP contribution in [-0.4, -0.2) is 61.5 Å². The molecule has 0 bridgehead atoms. The highest BCUT2D eigenvalue weighted by Crippen LogP contribution is 2.13. The summed E-state index contributed by atoms with van der Waals surface area (Å²) in [6.07, 6.45) is 0.836. The van der Waals surface area contributed by atoms with Gasteiger partial charge in [-0.15, -0.1) is 0 Å². The first-order valence-electron chi connectivity index (χ1n) is 9.71. The quantitative estimate of drug-likeness (QED) is 0.609. The lowest BCUT2D eigenvalue weighted by Crippen LogP contribution is -2.57. The number of alkyl carbamates (subject to hydrolysis) is 1. The second kappa shape index (κ2) is 9.36. The molecule has 2 amide bonds. The molecule has 1 atom stereocenters. The summed E-state index contributed by atoms with van der Waals surface area (Å²) in [5.74, 6) is -2.02. The predicted molar refractivity (Wildman–Crippen MR) is 111 cm³/mol. The molecule has 0 saturated carbocycles. The molecular formula is C20H32N4O7. The van der Waals surface area contributed by atoms with Gasteiger partial charge in [-0.1, -0.05) is 0 Å². The molecule has 1 rings (SSSR count).